The molecule has 1 heterocycles. The van der Waals surface area contributed by atoms with E-state index in [0.717, 1.165) is 12.1 Å². The number of hydrogen-bond acceptors (Lipinski definition) is 4. The number of carbonyl (C=O) groups excluding carboxylic acids is 2. The molecule has 3 rings (SSSR count). The standard InChI is InChI=1S/C22H15BrF3N3O3/c23-18-6-2-1-5-17(18)20(30)29-19(12-14-4-3-11-27-13-14)21(31)28-15-7-9-16(10-8-15)32-22(24,25)26/h1-13H,(H,28,31)(H,29,30)/b19-12-. The molecule has 10 heteroatoms. The van der Waals surface area contributed by atoms with Gasteiger partial charge in [-0.3, -0.25) is 14.6 Å². The Labute approximate surface area is 189 Å². The number of nitrogens with one attached hydrogen (secondary N) is 2. The number of alkyl halides is 3. The predicted molar refractivity (Wildman–Crippen MR) is 116 cm³/mol. The van der Waals surface area contributed by atoms with Gasteiger partial charge in [-0.05, 0) is 70.0 Å². The van der Waals surface area contributed by atoms with Gasteiger partial charge in [0.1, 0.15) is 11.4 Å². The zero-order valence-corrected chi connectivity index (χ0v) is 17.8. The van der Waals surface area contributed by atoms with Gasteiger partial charge in [-0.15, -0.1) is 13.2 Å². The summed E-state index contributed by atoms with van der Waals surface area (Å²) < 4.78 is 41.3. The molecule has 0 saturated carbocycles. The molecule has 0 radical (unpaired) electrons. The number of aromatic nitrogens is 1. The lowest BCUT2D eigenvalue weighted by atomic mass is 10.2. The number of hydrogen-bond donors (Lipinski definition) is 2. The lowest BCUT2D eigenvalue weighted by Gasteiger charge is -2.13. The lowest BCUT2D eigenvalue weighted by Crippen LogP contribution is -2.31. The van der Waals surface area contributed by atoms with Gasteiger partial charge in [0.15, 0.2) is 0 Å². The van der Waals surface area contributed by atoms with Gasteiger partial charge in [0.05, 0.1) is 5.56 Å². The first-order valence-electron chi connectivity index (χ1n) is 9.06. The van der Waals surface area contributed by atoms with E-state index in [1.807, 2.05) is 0 Å². The number of rotatable bonds is 6. The van der Waals surface area contributed by atoms with Crippen molar-refractivity contribution >= 4 is 39.5 Å². The van der Waals surface area contributed by atoms with Gasteiger partial charge < -0.3 is 15.4 Å². The smallest absolute Gasteiger partial charge is 0.406 e. The quantitative estimate of drug-likeness (QED) is 0.454. The Morgan fingerprint density at radius 2 is 1.72 bits per heavy atom. The van der Waals surface area contributed by atoms with Crippen LogP contribution in [0.4, 0.5) is 18.9 Å². The van der Waals surface area contributed by atoms with Gasteiger partial charge in [0, 0.05) is 22.6 Å². The van der Waals surface area contributed by atoms with Crippen LogP contribution >= 0.6 is 15.9 Å². The third-order valence-corrected chi connectivity index (χ3v) is 4.64. The summed E-state index contributed by atoms with van der Waals surface area (Å²) in [5.74, 6) is -1.64. The number of carbonyl (C=O) groups is 2. The first kappa shape index (κ1) is 23.0. The number of nitrogens with zero attached hydrogens (tertiary/aromatic N) is 1. The van der Waals surface area contributed by atoms with Crippen molar-refractivity contribution in [2.24, 2.45) is 0 Å². The van der Waals surface area contributed by atoms with Crippen molar-refractivity contribution < 1.29 is 27.5 Å². The molecule has 2 N–H and O–H groups in total. The molecule has 0 aliphatic heterocycles. The van der Waals surface area contributed by atoms with Gasteiger partial charge in [-0.2, -0.15) is 0 Å². The molecule has 32 heavy (non-hydrogen) atoms. The third kappa shape index (κ3) is 6.67. The number of amides is 2. The van der Waals surface area contributed by atoms with Gasteiger partial charge in [0.25, 0.3) is 11.8 Å². The number of pyridine rings is 1. The highest BCUT2D eigenvalue weighted by atomic mass is 79.9. The zero-order valence-electron chi connectivity index (χ0n) is 16.2. The Kier molecular flexibility index (Phi) is 7.26. The van der Waals surface area contributed by atoms with Crippen molar-refractivity contribution in [2.75, 3.05) is 5.32 Å². The van der Waals surface area contributed by atoms with E-state index in [-0.39, 0.29) is 11.4 Å². The predicted octanol–water partition coefficient (Wildman–Crippen LogP) is 5.15. The van der Waals surface area contributed by atoms with E-state index in [4.69, 9.17) is 0 Å². The molecule has 0 spiro atoms. The van der Waals surface area contributed by atoms with Crippen LogP contribution in [0.15, 0.2) is 83.2 Å². The molecule has 0 aliphatic rings. The first-order chi connectivity index (χ1) is 15.2. The Balaban J connectivity index is 1.82. The van der Waals surface area contributed by atoms with Crippen molar-refractivity contribution in [3.63, 3.8) is 0 Å². The van der Waals surface area contributed by atoms with Crippen molar-refractivity contribution in [1.29, 1.82) is 0 Å². The fourth-order valence-corrected chi connectivity index (χ4v) is 3.02. The van der Waals surface area contributed by atoms with Gasteiger partial charge >= 0.3 is 6.36 Å². The Morgan fingerprint density at radius 3 is 2.34 bits per heavy atom. The van der Waals surface area contributed by atoms with Crippen LogP contribution in [0.2, 0.25) is 0 Å². The Hall–Kier alpha value is -3.66. The third-order valence-electron chi connectivity index (χ3n) is 3.95. The molecule has 3 aromatic rings. The van der Waals surface area contributed by atoms with Crippen LogP contribution in [0.5, 0.6) is 5.75 Å². The normalized spacial score (nSPS) is 11.6. The Bertz CT molecular complexity index is 1130. The molecule has 2 aromatic carbocycles. The molecule has 0 atom stereocenters. The number of ether oxygens (including phenoxy) is 1. The van der Waals surface area contributed by atoms with Gasteiger partial charge in [0.2, 0.25) is 0 Å². The van der Waals surface area contributed by atoms with E-state index in [1.165, 1.54) is 24.4 Å². The highest BCUT2D eigenvalue weighted by Crippen LogP contribution is 2.24. The van der Waals surface area contributed by atoms with E-state index in [0.29, 0.717) is 15.6 Å². The summed E-state index contributed by atoms with van der Waals surface area (Å²) in [5, 5.41) is 5.10. The van der Waals surface area contributed by atoms with E-state index < -0.39 is 23.9 Å². The minimum Gasteiger partial charge on any atom is -0.406 e. The van der Waals surface area contributed by atoms with Crippen LogP contribution in [-0.2, 0) is 4.79 Å². The molecule has 1 aromatic heterocycles. The Morgan fingerprint density at radius 1 is 1.00 bits per heavy atom. The molecule has 0 unspecified atom stereocenters. The first-order valence-corrected chi connectivity index (χ1v) is 9.85. The SMILES string of the molecule is O=C(Nc1ccc(OC(F)(F)F)cc1)/C(=C/c1cccnc1)NC(=O)c1ccccc1Br. The zero-order chi connectivity index (χ0) is 23.1. The van der Waals surface area contributed by atoms with Gasteiger partial charge in [-0.25, -0.2) is 0 Å². The summed E-state index contributed by atoms with van der Waals surface area (Å²) in [7, 11) is 0. The second kappa shape index (κ2) is 10.1. The van der Waals surface area contributed by atoms with E-state index in [9.17, 15) is 22.8 Å². The van der Waals surface area contributed by atoms with Crippen molar-refractivity contribution in [2.45, 2.75) is 6.36 Å². The minimum absolute atomic E-state index is 0.0885. The fraction of sp³-hybridized carbons (Fsp3) is 0.0455. The molecule has 164 valence electrons. The van der Waals surface area contributed by atoms with E-state index in [2.05, 4.69) is 36.3 Å². The van der Waals surface area contributed by atoms with Crippen LogP contribution < -0.4 is 15.4 Å². The molecule has 0 fully saturated rings. The van der Waals surface area contributed by atoms with Crippen LogP contribution in [-0.4, -0.2) is 23.2 Å². The molecule has 0 aliphatic carbocycles. The second-order valence-corrected chi connectivity index (χ2v) is 7.16. The average molecular weight is 506 g/mol. The molecule has 6 nitrogen and oxygen atoms in total. The van der Waals surface area contributed by atoms with Crippen molar-refractivity contribution in [3.8, 4) is 5.75 Å². The largest absolute Gasteiger partial charge is 0.573 e. The molecule has 0 bridgehead atoms. The number of anilines is 1. The summed E-state index contributed by atoms with van der Waals surface area (Å²) in [6.07, 6.45) is -0.332. The minimum atomic E-state index is -4.82. The summed E-state index contributed by atoms with van der Waals surface area (Å²) in [5.41, 5.74) is 0.983. The summed E-state index contributed by atoms with van der Waals surface area (Å²) >= 11 is 3.29. The van der Waals surface area contributed by atoms with Gasteiger partial charge in [-0.1, -0.05) is 18.2 Å². The van der Waals surface area contributed by atoms with E-state index >= 15 is 0 Å². The molecular weight excluding hydrogens is 491 g/mol. The molecular formula is C22H15BrF3N3O3. The highest BCUT2D eigenvalue weighted by molar-refractivity contribution is 9.10. The number of halogens is 4. The molecule has 2 amide bonds. The summed E-state index contributed by atoms with van der Waals surface area (Å²) in [6.45, 7) is 0. The summed E-state index contributed by atoms with van der Waals surface area (Å²) in [6, 6.07) is 14.7. The van der Waals surface area contributed by atoms with Crippen LogP contribution in [0.25, 0.3) is 6.08 Å². The average Bonchev–Trinajstić information content (AvgIpc) is 2.74. The maximum absolute atomic E-state index is 12.8. The fourth-order valence-electron chi connectivity index (χ4n) is 2.56. The number of benzene rings is 2. The van der Waals surface area contributed by atoms with Crippen LogP contribution in [0.1, 0.15) is 15.9 Å². The lowest BCUT2D eigenvalue weighted by molar-refractivity contribution is -0.274. The van der Waals surface area contributed by atoms with Crippen molar-refractivity contribution in [3.05, 3.63) is 94.4 Å². The topological polar surface area (TPSA) is 80.3 Å². The highest BCUT2D eigenvalue weighted by Gasteiger charge is 2.31. The van der Waals surface area contributed by atoms with Crippen molar-refractivity contribution in [1.82, 2.24) is 10.3 Å². The maximum Gasteiger partial charge on any atom is 0.573 e. The second-order valence-electron chi connectivity index (χ2n) is 6.30. The van der Waals surface area contributed by atoms with E-state index in [1.54, 1.807) is 42.6 Å². The van der Waals surface area contributed by atoms with Crippen LogP contribution in [0, 0.1) is 0 Å². The monoisotopic (exact) mass is 505 g/mol. The molecule has 0 saturated heterocycles. The van der Waals surface area contributed by atoms with Crippen LogP contribution in [0.3, 0.4) is 0 Å². The maximum atomic E-state index is 12.8. The summed E-state index contributed by atoms with van der Waals surface area (Å²) in [4.78, 5) is 29.5.